The van der Waals surface area contributed by atoms with E-state index in [2.05, 4.69) is 64.1 Å². The Kier molecular flexibility index (Phi) is 9.40. The van der Waals surface area contributed by atoms with Crippen molar-refractivity contribution in [1.29, 1.82) is 0 Å². The Balaban J connectivity index is 2.14. The fraction of sp³-hybridized carbons (Fsp3) is 0.500. The minimum absolute atomic E-state index is 0.119. The Morgan fingerprint density at radius 3 is 2.07 bits per heavy atom. The third-order valence-corrected chi connectivity index (χ3v) is 5.14. The Morgan fingerprint density at radius 1 is 0.862 bits per heavy atom. The molecule has 0 saturated carbocycles. The van der Waals surface area contributed by atoms with Gasteiger partial charge in [-0.15, -0.1) is 0 Å². The minimum atomic E-state index is -0.163. The van der Waals surface area contributed by atoms with Crippen LogP contribution in [0, 0.1) is 11.8 Å². The van der Waals surface area contributed by atoms with Gasteiger partial charge in [-0.25, -0.2) is 0 Å². The molecule has 3 heteroatoms. The predicted octanol–water partition coefficient (Wildman–Crippen LogP) is 6.68. The van der Waals surface area contributed by atoms with E-state index in [-0.39, 0.29) is 18.0 Å². The molecule has 0 aliphatic heterocycles. The molecular weight excluding hydrogens is 360 g/mol. The molecule has 0 fully saturated rings. The van der Waals surface area contributed by atoms with E-state index in [4.69, 9.17) is 9.47 Å². The number of carbonyl (C=O) groups is 1. The average molecular weight is 397 g/mol. The summed E-state index contributed by atoms with van der Waals surface area (Å²) in [6, 6.07) is 18.8. The minimum Gasteiger partial charge on any atom is -0.466 e. The monoisotopic (exact) mass is 396 g/mol. The number of hydrogen-bond acceptors (Lipinski definition) is 3. The summed E-state index contributed by atoms with van der Waals surface area (Å²) in [5, 5.41) is 0. The van der Waals surface area contributed by atoms with Crippen molar-refractivity contribution in [2.45, 2.75) is 66.1 Å². The first-order valence-corrected chi connectivity index (χ1v) is 10.8. The summed E-state index contributed by atoms with van der Waals surface area (Å²) in [5.41, 5.74) is 3.57. The molecule has 0 N–H and O–H groups in total. The van der Waals surface area contributed by atoms with Gasteiger partial charge in [0.25, 0.3) is 0 Å². The second-order valence-corrected chi connectivity index (χ2v) is 8.42. The summed E-state index contributed by atoms with van der Waals surface area (Å²) in [5.74, 6) is 0.656. The molecule has 2 rings (SSSR count). The molecule has 29 heavy (non-hydrogen) atoms. The summed E-state index contributed by atoms with van der Waals surface area (Å²) in [6.07, 6.45) is 1.29. The number of esters is 1. The van der Waals surface area contributed by atoms with E-state index in [0.717, 1.165) is 17.5 Å². The molecule has 0 aliphatic carbocycles. The predicted molar refractivity (Wildman–Crippen MR) is 119 cm³/mol. The van der Waals surface area contributed by atoms with Crippen molar-refractivity contribution >= 4 is 5.97 Å². The standard InChI is InChI=1S/C26H36O3/c1-6-28-26(27)24(16-19(2)3)17-25(23-10-8-7-9-11-23)29-18-21-12-14-22(15-13-21)20(4)5/h7-15,19-20,24-25H,6,16-18H2,1-5H3/t24-,25+/m1/s1. The van der Waals surface area contributed by atoms with Gasteiger partial charge in [-0.3, -0.25) is 4.79 Å². The first kappa shape index (κ1) is 23.2. The zero-order valence-electron chi connectivity index (χ0n) is 18.6. The summed E-state index contributed by atoms with van der Waals surface area (Å²) in [7, 11) is 0. The third kappa shape index (κ3) is 7.66. The van der Waals surface area contributed by atoms with Crippen LogP contribution in [0.3, 0.4) is 0 Å². The maximum absolute atomic E-state index is 12.5. The van der Waals surface area contributed by atoms with Gasteiger partial charge in [0.15, 0.2) is 0 Å². The van der Waals surface area contributed by atoms with E-state index in [0.29, 0.717) is 31.5 Å². The smallest absolute Gasteiger partial charge is 0.309 e. The van der Waals surface area contributed by atoms with Crippen LogP contribution < -0.4 is 0 Å². The van der Waals surface area contributed by atoms with Gasteiger partial charge in [-0.2, -0.15) is 0 Å². The molecule has 2 aromatic rings. The lowest BCUT2D eigenvalue weighted by molar-refractivity contribution is -0.150. The summed E-state index contributed by atoms with van der Waals surface area (Å²) in [6.45, 7) is 11.5. The van der Waals surface area contributed by atoms with Gasteiger partial charge in [0.1, 0.15) is 0 Å². The van der Waals surface area contributed by atoms with E-state index in [1.165, 1.54) is 5.56 Å². The first-order valence-electron chi connectivity index (χ1n) is 10.8. The molecule has 0 aliphatic rings. The molecule has 0 bridgehead atoms. The van der Waals surface area contributed by atoms with Crippen molar-refractivity contribution in [3.63, 3.8) is 0 Å². The fourth-order valence-corrected chi connectivity index (χ4v) is 3.54. The van der Waals surface area contributed by atoms with Crippen LogP contribution in [0.15, 0.2) is 54.6 Å². The van der Waals surface area contributed by atoms with Crippen LogP contribution in [0.1, 0.15) is 76.2 Å². The Bertz CT molecular complexity index is 719. The summed E-state index contributed by atoms with van der Waals surface area (Å²) < 4.78 is 11.7. The van der Waals surface area contributed by atoms with Crippen LogP contribution in [-0.2, 0) is 20.9 Å². The molecule has 0 saturated heterocycles. The highest BCUT2D eigenvalue weighted by Crippen LogP contribution is 2.30. The van der Waals surface area contributed by atoms with Gasteiger partial charge in [-0.05, 0) is 48.3 Å². The van der Waals surface area contributed by atoms with Crippen LogP contribution in [0.4, 0.5) is 0 Å². The molecule has 3 nitrogen and oxygen atoms in total. The highest BCUT2D eigenvalue weighted by molar-refractivity contribution is 5.72. The number of ether oxygens (including phenoxy) is 2. The zero-order valence-corrected chi connectivity index (χ0v) is 18.6. The molecule has 0 unspecified atom stereocenters. The molecule has 0 radical (unpaired) electrons. The fourth-order valence-electron chi connectivity index (χ4n) is 3.54. The van der Waals surface area contributed by atoms with Crippen LogP contribution in [0.2, 0.25) is 0 Å². The largest absolute Gasteiger partial charge is 0.466 e. The van der Waals surface area contributed by atoms with E-state index >= 15 is 0 Å². The molecular formula is C26H36O3. The second-order valence-electron chi connectivity index (χ2n) is 8.42. The van der Waals surface area contributed by atoms with Crippen molar-refractivity contribution < 1.29 is 14.3 Å². The molecule has 0 heterocycles. The first-order chi connectivity index (χ1) is 13.9. The molecule has 0 amide bonds. The lowest BCUT2D eigenvalue weighted by Gasteiger charge is -2.24. The van der Waals surface area contributed by atoms with Crippen molar-refractivity contribution in [3.05, 3.63) is 71.3 Å². The average Bonchev–Trinajstić information content (AvgIpc) is 2.71. The molecule has 2 aromatic carbocycles. The molecule has 158 valence electrons. The maximum atomic E-state index is 12.5. The van der Waals surface area contributed by atoms with Gasteiger partial charge in [0.05, 0.1) is 25.2 Å². The van der Waals surface area contributed by atoms with Crippen LogP contribution in [-0.4, -0.2) is 12.6 Å². The second kappa shape index (κ2) is 11.8. The van der Waals surface area contributed by atoms with E-state index < -0.39 is 0 Å². The van der Waals surface area contributed by atoms with Crippen LogP contribution in [0.25, 0.3) is 0 Å². The highest BCUT2D eigenvalue weighted by Gasteiger charge is 2.26. The van der Waals surface area contributed by atoms with E-state index in [9.17, 15) is 4.79 Å². The third-order valence-electron chi connectivity index (χ3n) is 5.14. The number of rotatable bonds is 11. The van der Waals surface area contributed by atoms with E-state index in [1.54, 1.807) is 0 Å². The summed E-state index contributed by atoms with van der Waals surface area (Å²) in [4.78, 5) is 12.5. The lowest BCUT2D eigenvalue weighted by Crippen LogP contribution is -2.23. The Morgan fingerprint density at radius 2 is 1.52 bits per heavy atom. The Hall–Kier alpha value is -2.13. The van der Waals surface area contributed by atoms with Gasteiger partial charge >= 0.3 is 5.97 Å². The number of hydrogen-bond donors (Lipinski definition) is 0. The van der Waals surface area contributed by atoms with Crippen LogP contribution >= 0.6 is 0 Å². The van der Waals surface area contributed by atoms with Crippen molar-refractivity contribution in [1.82, 2.24) is 0 Å². The molecule has 0 aromatic heterocycles. The topological polar surface area (TPSA) is 35.5 Å². The van der Waals surface area contributed by atoms with Gasteiger partial charge < -0.3 is 9.47 Å². The quantitative estimate of drug-likeness (QED) is 0.397. The maximum Gasteiger partial charge on any atom is 0.309 e. The highest BCUT2D eigenvalue weighted by atomic mass is 16.5. The number of carbonyl (C=O) groups excluding carboxylic acids is 1. The van der Waals surface area contributed by atoms with Gasteiger partial charge in [0, 0.05) is 0 Å². The molecule has 0 spiro atoms. The SMILES string of the molecule is CCOC(=O)[C@H](CC(C)C)C[C@H](OCc1ccc(C(C)C)cc1)c1ccccc1. The van der Waals surface area contributed by atoms with Crippen molar-refractivity contribution in [2.24, 2.45) is 11.8 Å². The van der Waals surface area contributed by atoms with Gasteiger partial charge in [0.2, 0.25) is 0 Å². The number of benzene rings is 2. The zero-order chi connectivity index (χ0) is 21.2. The van der Waals surface area contributed by atoms with Crippen LogP contribution in [0.5, 0.6) is 0 Å². The normalized spacial score (nSPS) is 13.5. The van der Waals surface area contributed by atoms with Crippen molar-refractivity contribution in [3.8, 4) is 0 Å². The van der Waals surface area contributed by atoms with Crippen molar-refractivity contribution in [2.75, 3.05) is 6.61 Å². The molecule has 2 atom stereocenters. The summed E-state index contributed by atoms with van der Waals surface area (Å²) >= 11 is 0. The Labute approximate surface area is 176 Å². The van der Waals surface area contributed by atoms with E-state index in [1.807, 2.05) is 25.1 Å². The lowest BCUT2D eigenvalue weighted by atomic mass is 9.89. The van der Waals surface area contributed by atoms with Gasteiger partial charge in [-0.1, -0.05) is 82.3 Å².